The number of benzene rings is 2. The summed E-state index contributed by atoms with van der Waals surface area (Å²) >= 11 is 6.12. The Hall–Kier alpha value is -2.57. The summed E-state index contributed by atoms with van der Waals surface area (Å²) in [5.41, 5.74) is 3.37. The first-order chi connectivity index (χ1) is 13.5. The number of fused-ring (bicyclic) bond motifs is 1. The fraction of sp³-hybridized carbons (Fsp3) is 0.333. The molecule has 3 aromatic rings. The van der Waals surface area contributed by atoms with Crippen LogP contribution in [0.3, 0.4) is 0 Å². The monoisotopic (exact) mass is 398 g/mol. The maximum atomic E-state index is 12.4. The molecule has 1 aliphatic rings. The van der Waals surface area contributed by atoms with Gasteiger partial charge in [-0.05, 0) is 49.6 Å². The van der Waals surface area contributed by atoms with Crippen LogP contribution in [-0.4, -0.2) is 40.0 Å². The molecule has 1 fully saturated rings. The largest absolute Gasteiger partial charge is 0.326 e. The molecular weight excluding hydrogens is 376 g/mol. The number of hydrogen-bond donors (Lipinski definition) is 2. The third-order valence-electron chi connectivity index (χ3n) is 5.46. The normalized spacial score (nSPS) is 15.8. The molecule has 4 rings (SSSR count). The number of imidazole rings is 1. The number of carbonyl (C=O) groups is 1. The molecule has 2 heterocycles. The number of anilines is 1. The van der Waals surface area contributed by atoms with E-state index in [2.05, 4.69) is 15.2 Å². The Kier molecular flexibility index (Phi) is 5.24. The van der Waals surface area contributed by atoms with Crippen molar-refractivity contribution in [1.82, 2.24) is 14.5 Å². The SMILES string of the molecule is Cc1c(Cl)cccc1NC(=O)CN1CCC(n2c(=O)[nH]c3ccccc32)CC1. The third kappa shape index (κ3) is 3.70. The van der Waals surface area contributed by atoms with Crippen LogP contribution in [0.15, 0.2) is 47.3 Å². The third-order valence-corrected chi connectivity index (χ3v) is 5.86. The average molecular weight is 399 g/mol. The summed E-state index contributed by atoms with van der Waals surface area (Å²) in [6.07, 6.45) is 1.68. The number of aromatic nitrogens is 2. The van der Waals surface area contributed by atoms with Crippen molar-refractivity contribution in [2.45, 2.75) is 25.8 Å². The summed E-state index contributed by atoms with van der Waals surface area (Å²) in [4.78, 5) is 29.9. The molecule has 1 aromatic heterocycles. The van der Waals surface area contributed by atoms with Gasteiger partial charge in [0.05, 0.1) is 17.6 Å². The number of rotatable bonds is 4. The highest BCUT2D eigenvalue weighted by Crippen LogP contribution is 2.25. The average Bonchev–Trinajstić information content (AvgIpc) is 3.02. The van der Waals surface area contributed by atoms with Crippen molar-refractivity contribution < 1.29 is 4.79 Å². The molecule has 0 unspecified atom stereocenters. The molecule has 0 saturated carbocycles. The molecule has 28 heavy (non-hydrogen) atoms. The number of piperidine rings is 1. The zero-order valence-electron chi connectivity index (χ0n) is 15.7. The molecule has 1 aliphatic heterocycles. The zero-order valence-corrected chi connectivity index (χ0v) is 16.5. The van der Waals surface area contributed by atoms with Crippen molar-refractivity contribution in [3.05, 3.63) is 63.5 Å². The first-order valence-corrected chi connectivity index (χ1v) is 9.87. The second-order valence-electron chi connectivity index (χ2n) is 7.29. The number of para-hydroxylation sites is 2. The van der Waals surface area contributed by atoms with E-state index in [-0.39, 0.29) is 17.6 Å². The van der Waals surface area contributed by atoms with Gasteiger partial charge in [-0.2, -0.15) is 0 Å². The van der Waals surface area contributed by atoms with Crippen LogP contribution in [0.1, 0.15) is 24.4 Å². The van der Waals surface area contributed by atoms with E-state index in [4.69, 9.17) is 11.6 Å². The lowest BCUT2D eigenvalue weighted by atomic mass is 10.0. The maximum absolute atomic E-state index is 12.4. The number of amides is 1. The van der Waals surface area contributed by atoms with Crippen molar-refractivity contribution >= 4 is 34.2 Å². The van der Waals surface area contributed by atoms with Gasteiger partial charge in [-0.3, -0.25) is 14.3 Å². The van der Waals surface area contributed by atoms with Gasteiger partial charge in [-0.25, -0.2) is 4.79 Å². The summed E-state index contributed by atoms with van der Waals surface area (Å²) in [6, 6.07) is 13.4. The summed E-state index contributed by atoms with van der Waals surface area (Å²) in [6.45, 7) is 3.78. The predicted molar refractivity (Wildman–Crippen MR) is 112 cm³/mol. The number of nitrogens with zero attached hydrogens (tertiary/aromatic N) is 2. The van der Waals surface area contributed by atoms with Crippen molar-refractivity contribution in [2.24, 2.45) is 0 Å². The van der Waals surface area contributed by atoms with Crippen molar-refractivity contribution in [3.63, 3.8) is 0 Å². The molecule has 0 radical (unpaired) electrons. The van der Waals surface area contributed by atoms with Crippen LogP contribution in [0, 0.1) is 6.92 Å². The zero-order chi connectivity index (χ0) is 19.7. The topological polar surface area (TPSA) is 70.1 Å². The lowest BCUT2D eigenvalue weighted by molar-refractivity contribution is -0.117. The predicted octanol–water partition coefficient (Wildman–Crippen LogP) is 3.57. The van der Waals surface area contributed by atoms with Crippen molar-refractivity contribution in [3.8, 4) is 0 Å². The first-order valence-electron chi connectivity index (χ1n) is 9.49. The Bertz CT molecular complexity index is 1060. The van der Waals surface area contributed by atoms with E-state index < -0.39 is 0 Å². The quantitative estimate of drug-likeness (QED) is 0.705. The first kappa shape index (κ1) is 18.8. The lowest BCUT2D eigenvalue weighted by Crippen LogP contribution is -2.41. The van der Waals surface area contributed by atoms with Crippen LogP contribution in [0.2, 0.25) is 5.02 Å². The number of carbonyl (C=O) groups excluding carboxylic acids is 1. The van der Waals surface area contributed by atoms with E-state index >= 15 is 0 Å². The van der Waals surface area contributed by atoms with E-state index in [9.17, 15) is 9.59 Å². The minimum absolute atomic E-state index is 0.0481. The number of aromatic amines is 1. The van der Waals surface area contributed by atoms with Crippen molar-refractivity contribution in [2.75, 3.05) is 25.0 Å². The van der Waals surface area contributed by atoms with Gasteiger partial charge in [-0.1, -0.05) is 29.8 Å². The molecule has 2 N–H and O–H groups in total. The van der Waals surface area contributed by atoms with E-state index in [0.29, 0.717) is 11.6 Å². The van der Waals surface area contributed by atoms with Crippen LogP contribution in [0.4, 0.5) is 5.69 Å². The summed E-state index contributed by atoms with van der Waals surface area (Å²) in [5.74, 6) is -0.0481. The maximum Gasteiger partial charge on any atom is 0.326 e. The second-order valence-corrected chi connectivity index (χ2v) is 7.69. The number of likely N-dealkylation sites (tertiary alicyclic amines) is 1. The Morgan fingerprint density at radius 2 is 1.93 bits per heavy atom. The molecule has 1 saturated heterocycles. The highest BCUT2D eigenvalue weighted by molar-refractivity contribution is 6.31. The van der Waals surface area contributed by atoms with E-state index in [1.54, 1.807) is 0 Å². The highest BCUT2D eigenvalue weighted by Gasteiger charge is 2.24. The number of nitrogens with one attached hydrogen (secondary N) is 2. The Morgan fingerprint density at radius 1 is 1.18 bits per heavy atom. The molecule has 1 amide bonds. The fourth-order valence-electron chi connectivity index (χ4n) is 3.91. The Balaban J connectivity index is 1.38. The molecule has 2 aromatic carbocycles. The highest BCUT2D eigenvalue weighted by atomic mass is 35.5. The van der Waals surface area contributed by atoms with Gasteiger partial charge in [-0.15, -0.1) is 0 Å². The molecule has 146 valence electrons. The van der Waals surface area contributed by atoms with Crippen LogP contribution in [-0.2, 0) is 4.79 Å². The van der Waals surface area contributed by atoms with Crippen LogP contribution in [0.25, 0.3) is 11.0 Å². The summed E-state index contributed by atoms with van der Waals surface area (Å²) in [5, 5.41) is 3.59. The van der Waals surface area contributed by atoms with Gasteiger partial charge >= 0.3 is 5.69 Å². The minimum Gasteiger partial charge on any atom is -0.325 e. The second kappa shape index (κ2) is 7.81. The van der Waals surface area contributed by atoms with Crippen molar-refractivity contribution in [1.29, 1.82) is 0 Å². The van der Waals surface area contributed by atoms with Gasteiger partial charge in [0, 0.05) is 29.8 Å². The Morgan fingerprint density at radius 3 is 2.71 bits per heavy atom. The molecule has 7 heteroatoms. The van der Waals surface area contributed by atoms with E-state index in [1.165, 1.54) is 0 Å². The molecule has 0 aliphatic carbocycles. The lowest BCUT2D eigenvalue weighted by Gasteiger charge is -2.32. The molecule has 6 nitrogen and oxygen atoms in total. The van der Waals surface area contributed by atoms with Gasteiger partial charge in [0.2, 0.25) is 5.91 Å². The smallest absolute Gasteiger partial charge is 0.325 e. The van der Waals surface area contributed by atoms with Gasteiger partial charge in [0.25, 0.3) is 0 Å². The van der Waals surface area contributed by atoms with Gasteiger partial charge < -0.3 is 10.3 Å². The van der Waals surface area contributed by atoms with Gasteiger partial charge in [0.1, 0.15) is 0 Å². The van der Waals surface area contributed by atoms with Crippen LogP contribution >= 0.6 is 11.6 Å². The van der Waals surface area contributed by atoms with E-state index in [0.717, 1.165) is 48.2 Å². The number of H-pyrrole nitrogens is 1. The summed E-state index contributed by atoms with van der Waals surface area (Å²) in [7, 11) is 0. The molecule has 0 atom stereocenters. The molecule has 0 spiro atoms. The molecular formula is C21H23ClN4O2. The Labute approximate surface area is 168 Å². The standard InChI is InChI=1S/C21H23ClN4O2/c1-14-16(22)5-4-7-17(14)23-20(27)13-25-11-9-15(10-12-25)26-19-8-3-2-6-18(19)24-21(26)28/h2-8,15H,9-13H2,1H3,(H,23,27)(H,24,28). The van der Waals surface area contributed by atoms with E-state index in [1.807, 2.05) is 54.0 Å². The summed E-state index contributed by atoms with van der Waals surface area (Å²) < 4.78 is 1.86. The van der Waals surface area contributed by atoms with Crippen LogP contribution in [0.5, 0.6) is 0 Å². The number of halogens is 1. The van der Waals surface area contributed by atoms with Crippen LogP contribution < -0.4 is 11.0 Å². The fourth-order valence-corrected chi connectivity index (χ4v) is 4.08. The molecule has 0 bridgehead atoms. The van der Waals surface area contributed by atoms with Gasteiger partial charge in [0.15, 0.2) is 0 Å². The minimum atomic E-state index is -0.0613. The number of hydrogen-bond acceptors (Lipinski definition) is 3.